The van der Waals surface area contributed by atoms with Gasteiger partial charge in [-0.1, -0.05) is 18.2 Å². The van der Waals surface area contributed by atoms with Gasteiger partial charge < -0.3 is 9.64 Å². The minimum absolute atomic E-state index is 0.00985. The molecular weight excluding hydrogens is 352 g/mol. The van der Waals surface area contributed by atoms with Gasteiger partial charge in [0.1, 0.15) is 5.75 Å². The molecule has 1 fully saturated rings. The Kier molecular flexibility index (Phi) is 4.11. The summed E-state index contributed by atoms with van der Waals surface area (Å²) >= 11 is 0. The molecule has 0 saturated carbocycles. The summed E-state index contributed by atoms with van der Waals surface area (Å²) in [6, 6.07) is 12.3. The fraction of sp³-hybridized carbons (Fsp3) is 0.316. The van der Waals surface area contributed by atoms with E-state index in [9.17, 15) is 13.2 Å². The molecule has 7 heteroatoms. The number of amides is 1. The zero-order valence-corrected chi connectivity index (χ0v) is 15.3. The molecule has 0 N–H and O–H groups in total. The summed E-state index contributed by atoms with van der Waals surface area (Å²) in [7, 11) is -2.19. The molecule has 136 valence electrons. The van der Waals surface area contributed by atoms with Gasteiger partial charge in [0, 0.05) is 19.5 Å². The molecule has 26 heavy (non-hydrogen) atoms. The van der Waals surface area contributed by atoms with E-state index in [1.54, 1.807) is 23.1 Å². The number of anilines is 2. The number of carbonyl (C=O) groups excluding carboxylic acids is 1. The summed E-state index contributed by atoms with van der Waals surface area (Å²) in [5.74, 6) is 0.491. The smallest absolute Gasteiger partial charge is 0.264 e. The molecular formula is C19H20N2O4S. The van der Waals surface area contributed by atoms with Crippen LogP contribution in [-0.2, 0) is 21.2 Å². The maximum Gasteiger partial charge on any atom is 0.264 e. The second kappa shape index (κ2) is 6.32. The number of benzene rings is 2. The molecule has 0 spiro atoms. The first-order chi connectivity index (χ1) is 12.5. The second-order valence-corrected chi connectivity index (χ2v) is 8.30. The minimum Gasteiger partial charge on any atom is -0.495 e. The molecule has 2 aliphatic rings. The lowest BCUT2D eigenvalue weighted by Crippen LogP contribution is -2.30. The van der Waals surface area contributed by atoms with Gasteiger partial charge >= 0.3 is 0 Å². The molecule has 2 aliphatic heterocycles. The topological polar surface area (TPSA) is 66.9 Å². The Balaban J connectivity index is 1.77. The van der Waals surface area contributed by atoms with Crippen molar-refractivity contribution in [2.45, 2.75) is 24.2 Å². The molecule has 1 amide bonds. The predicted molar refractivity (Wildman–Crippen MR) is 99.3 cm³/mol. The van der Waals surface area contributed by atoms with Gasteiger partial charge in [-0.15, -0.1) is 0 Å². The van der Waals surface area contributed by atoms with Gasteiger partial charge in [-0.25, -0.2) is 8.42 Å². The largest absolute Gasteiger partial charge is 0.495 e. The highest BCUT2D eigenvalue weighted by Crippen LogP contribution is 2.37. The van der Waals surface area contributed by atoms with Crippen LogP contribution in [0.1, 0.15) is 18.4 Å². The van der Waals surface area contributed by atoms with Crippen molar-refractivity contribution in [1.29, 1.82) is 0 Å². The first-order valence-electron chi connectivity index (χ1n) is 8.61. The van der Waals surface area contributed by atoms with E-state index in [4.69, 9.17) is 4.74 Å². The molecule has 0 unspecified atom stereocenters. The van der Waals surface area contributed by atoms with Gasteiger partial charge in [0.2, 0.25) is 5.91 Å². The van der Waals surface area contributed by atoms with Crippen molar-refractivity contribution in [2.75, 3.05) is 29.4 Å². The number of carbonyl (C=O) groups is 1. The van der Waals surface area contributed by atoms with Crippen LogP contribution in [0.4, 0.5) is 11.4 Å². The Morgan fingerprint density at radius 2 is 1.81 bits per heavy atom. The lowest BCUT2D eigenvalue weighted by molar-refractivity contribution is -0.117. The summed E-state index contributed by atoms with van der Waals surface area (Å²) in [4.78, 5) is 13.9. The highest BCUT2D eigenvalue weighted by molar-refractivity contribution is 7.92. The Morgan fingerprint density at radius 3 is 2.54 bits per heavy atom. The van der Waals surface area contributed by atoms with Crippen LogP contribution >= 0.6 is 0 Å². The van der Waals surface area contributed by atoms with Crippen LogP contribution in [0.3, 0.4) is 0 Å². The number of nitrogens with zero attached hydrogens (tertiary/aromatic N) is 2. The van der Waals surface area contributed by atoms with Crippen LogP contribution in [0.25, 0.3) is 0 Å². The fourth-order valence-corrected chi connectivity index (χ4v) is 5.15. The fourth-order valence-electron chi connectivity index (χ4n) is 3.63. The van der Waals surface area contributed by atoms with Crippen molar-refractivity contribution in [3.05, 3.63) is 48.0 Å². The average molecular weight is 372 g/mol. The number of ether oxygens (including phenoxy) is 1. The number of hydrogen-bond donors (Lipinski definition) is 0. The quantitative estimate of drug-likeness (QED) is 0.827. The zero-order chi connectivity index (χ0) is 18.3. The molecule has 0 atom stereocenters. The van der Waals surface area contributed by atoms with Crippen LogP contribution in [0.5, 0.6) is 5.75 Å². The lowest BCUT2D eigenvalue weighted by Gasteiger charge is -2.23. The lowest BCUT2D eigenvalue weighted by atomic mass is 10.2. The number of hydrogen-bond acceptors (Lipinski definition) is 4. The van der Waals surface area contributed by atoms with Crippen LogP contribution in [0.2, 0.25) is 0 Å². The Morgan fingerprint density at radius 1 is 1.00 bits per heavy atom. The molecule has 0 bridgehead atoms. The van der Waals surface area contributed by atoms with Crippen molar-refractivity contribution >= 4 is 27.3 Å². The van der Waals surface area contributed by atoms with Crippen molar-refractivity contribution in [3.63, 3.8) is 0 Å². The van der Waals surface area contributed by atoms with E-state index >= 15 is 0 Å². The number of fused-ring (bicyclic) bond motifs is 1. The molecule has 1 saturated heterocycles. The van der Waals surface area contributed by atoms with Crippen LogP contribution in [0, 0.1) is 0 Å². The third-order valence-corrected chi connectivity index (χ3v) is 6.76. The zero-order valence-electron chi connectivity index (χ0n) is 14.5. The highest BCUT2D eigenvalue weighted by Gasteiger charge is 2.32. The van der Waals surface area contributed by atoms with Gasteiger partial charge in [-0.3, -0.25) is 9.10 Å². The summed E-state index contributed by atoms with van der Waals surface area (Å²) in [5, 5.41) is 0. The van der Waals surface area contributed by atoms with E-state index in [-0.39, 0.29) is 10.8 Å². The Bertz CT molecular complexity index is 971. The Labute approximate surface area is 153 Å². The standard InChI is InChI=1S/C19H20N2O4S/c1-25-18-9-8-15(13-17(18)20-11-4-7-19(20)22)26(23,24)21-12-10-14-5-2-3-6-16(14)21/h2-3,5-6,8-9,13H,4,7,10-12H2,1H3. The van der Waals surface area contributed by atoms with E-state index in [0.29, 0.717) is 37.4 Å². The summed E-state index contributed by atoms with van der Waals surface area (Å²) < 4.78 is 33.3. The van der Waals surface area contributed by atoms with Crippen LogP contribution in [0.15, 0.2) is 47.4 Å². The van der Waals surface area contributed by atoms with Crippen molar-refractivity contribution in [3.8, 4) is 5.75 Å². The SMILES string of the molecule is COc1ccc(S(=O)(=O)N2CCc3ccccc32)cc1N1CCCC1=O. The maximum absolute atomic E-state index is 13.2. The van der Waals surface area contributed by atoms with Gasteiger partial charge in [0.15, 0.2) is 0 Å². The average Bonchev–Trinajstić information content (AvgIpc) is 3.27. The normalized spacial score (nSPS) is 16.9. The third kappa shape index (κ3) is 2.63. The number of sulfonamides is 1. The third-order valence-electron chi connectivity index (χ3n) is 4.95. The first-order valence-corrected chi connectivity index (χ1v) is 10.1. The second-order valence-electron chi connectivity index (χ2n) is 6.44. The van der Waals surface area contributed by atoms with Crippen LogP contribution < -0.4 is 13.9 Å². The number of methoxy groups -OCH3 is 1. The summed E-state index contributed by atoms with van der Waals surface area (Å²) in [5.41, 5.74) is 2.27. The molecule has 0 aliphatic carbocycles. The summed E-state index contributed by atoms with van der Waals surface area (Å²) in [6.45, 7) is 0.997. The van der Waals surface area contributed by atoms with Crippen molar-refractivity contribution in [2.24, 2.45) is 0 Å². The molecule has 0 aromatic heterocycles. The van der Waals surface area contributed by atoms with Crippen molar-refractivity contribution in [1.82, 2.24) is 0 Å². The van der Waals surface area contributed by atoms with E-state index in [2.05, 4.69) is 0 Å². The van der Waals surface area contributed by atoms with E-state index in [1.165, 1.54) is 11.4 Å². The van der Waals surface area contributed by atoms with Crippen LogP contribution in [-0.4, -0.2) is 34.5 Å². The monoisotopic (exact) mass is 372 g/mol. The number of para-hydroxylation sites is 1. The molecule has 2 aromatic rings. The predicted octanol–water partition coefficient (Wildman–Crippen LogP) is 2.57. The molecule has 0 radical (unpaired) electrons. The highest BCUT2D eigenvalue weighted by atomic mass is 32.2. The molecule has 6 nitrogen and oxygen atoms in total. The summed E-state index contributed by atoms with van der Waals surface area (Å²) in [6.07, 6.45) is 1.93. The van der Waals surface area contributed by atoms with Gasteiger partial charge in [-0.2, -0.15) is 0 Å². The minimum atomic E-state index is -3.71. The first kappa shape index (κ1) is 16.9. The van der Waals surface area contributed by atoms with Crippen molar-refractivity contribution < 1.29 is 17.9 Å². The molecule has 2 heterocycles. The van der Waals surface area contributed by atoms with E-state index < -0.39 is 10.0 Å². The maximum atomic E-state index is 13.2. The van der Waals surface area contributed by atoms with Gasteiger partial charge in [0.05, 0.1) is 23.4 Å². The molecule has 4 rings (SSSR count). The van der Waals surface area contributed by atoms with E-state index in [1.807, 2.05) is 24.3 Å². The van der Waals surface area contributed by atoms with E-state index in [0.717, 1.165) is 17.7 Å². The molecule has 2 aromatic carbocycles. The number of rotatable bonds is 4. The Hall–Kier alpha value is -2.54. The van der Waals surface area contributed by atoms with Gasteiger partial charge in [-0.05, 0) is 42.7 Å². The van der Waals surface area contributed by atoms with Gasteiger partial charge in [0.25, 0.3) is 10.0 Å².